The molecule has 5 heteroatoms. The van der Waals surface area contributed by atoms with Crippen molar-refractivity contribution in [3.8, 4) is 0 Å². The molecule has 0 radical (unpaired) electrons. The molecule has 6 atom stereocenters. The summed E-state index contributed by atoms with van der Waals surface area (Å²) >= 11 is 0. The van der Waals surface area contributed by atoms with E-state index >= 15 is 0 Å². The van der Waals surface area contributed by atoms with Crippen molar-refractivity contribution in [2.24, 2.45) is 28.6 Å². The van der Waals surface area contributed by atoms with E-state index in [0.717, 1.165) is 19.3 Å². The highest BCUT2D eigenvalue weighted by Gasteiger charge is 2.61. The van der Waals surface area contributed by atoms with E-state index in [4.69, 9.17) is 4.74 Å². The fourth-order valence-corrected chi connectivity index (χ4v) is 6.50. The fraction of sp³-hybridized carbons (Fsp3) is 0.714. The lowest BCUT2D eigenvalue weighted by molar-refractivity contribution is -0.157. The first-order chi connectivity index (χ1) is 12.2. The minimum atomic E-state index is -0.800. The molecule has 0 heterocycles. The summed E-state index contributed by atoms with van der Waals surface area (Å²) in [6.07, 6.45) is 4.66. The molecule has 0 N–H and O–H groups in total. The van der Waals surface area contributed by atoms with E-state index in [0.29, 0.717) is 30.6 Å². The highest BCUT2D eigenvalue weighted by molar-refractivity contribution is 6.07. The highest BCUT2D eigenvalue weighted by Crippen LogP contribution is 2.63. The van der Waals surface area contributed by atoms with E-state index in [9.17, 15) is 19.2 Å². The van der Waals surface area contributed by atoms with Gasteiger partial charge >= 0.3 is 5.97 Å². The molecule has 4 aliphatic rings. The Kier molecular flexibility index (Phi) is 3.80. The van der Waals surface area contributed by atoms with E-state index in [1.54, 1.807) is 0 Å². The van der Waals surface area contributed by atoms with Gasteiger partial charge < -0.3 is 4.74 Å². The molecule has 0 aromatic carbocycles. The first-order valence-corrected chi connectivity index (χ1v) is 9.66. The van der Waals surface area contributed by atoms with Crippen LogP contribution >= 0.6 is 0 Å². The molecule has 0 bridgehead atoms. The number of carbonyl (C=O) groups is 4. The second-order valence-electron chi connectivity index (χ2n) is 9.10. The first kappa shape index (κ1) is 17.6. The molecule has 4 rings (SSSR count). The molecule has 0 aliphatic heterocycles. The lowest BCUT2D eigenvalue weighted by Crippen LogP contribution is -2.55. The molecule has 0 spiro atoms. The Balaban J connectivity index is 1.72. The monoisotopic (exact) mass is 358 g/mol. The maximum atomic E-state index is 12.9. The third kappa shape index (κ3) is 2.28. The number of rotatable bonds is 1. The van der Waals surface area contributed by atoms with Crippen molar-refractivity contribution in [2.45, 2.75) is 65.4 Å². The maximum absolute atomic E-state index is 12.9. The van der Waals surface area contributed by atoms with E-state index in [1.165, 1.54) is 13.0 Å². The minimum Gasteiger partial charge on any atom is -0.454 e. The Morgan fingerprint density at radius 3 is 2.50 bits per heavy atom. The number of fused-ring (bicyclic) bond motifs is 5. The summed E-state index contributed by atoms with van der Waals surface area (Å²) in [4.78, 5) is 49.1. The van der Waals surface area contributed by atoms with Gasteiger partial charge in [-0.15, -0.1) is 0 Å². The lowest BCUT2D eigenvalue weighted by Gasteiger charge is -2.56. The standard InChI is InChI=1S/C21H26O5/c1-11(22)26-18-10-21(3)14-6-7-20(2)13(4-5-19(20)25)12(14)8-16(23)15(21)9-17(18)24/h9,12-14,18H,4-8,10H2,1-3H3/t12-,13-,14-,18?,20-,21+/m0/s1. The molecule has 5 nitrogen and oxygen atoms in total. The van der Waals surface area contributed by atoms with Crippen LogP contribution < -0.4 is 0 Å². The molecule has 4 aliphatic carbocycles. The third-order valence-corrected chi connectivity index (χ3v) is 7.82. The Hall–Kier alpha value is -1.78. The SMILES string of the molecule is CC(=O)OC1C[C@@]2(C)C(=CC1=O)C(=O)C[C@@H]1[C@@H]2CC[C@]2(C)C(=O)CC[C@@H]12. The molecule has 26 heavy (non-hydrogen) atoms. The zero-order valence-corrected chi connectivity index (χ0v) is 15.7. The number of hydrogen-bond acceptors (Lipinski definition) is 5. The van der Waals surface area contributed by atoms with Gasteiger partial charge in [0.2, 0.25) is 0 Å². The number of allylic oxidation sites excluding steroid dienone is 1. The van der Waals surface area contributed by atoms with Gasteiger partial charge in [0.25, 0.3) is 0 Å². The molecular formula is C21H26O5. The van der Waals surface area contributed by atoms with Crippen molar-refractivity contribution in [3.63, 3.8) is 0 Å². The molecule has 0 aromatic rings. The van der Waals surface area contributed by atoms with Gasteiger partial charge in [0.1, 0.15) is 5.78 Å². The summed E-state index contributed by atoms with van der Waals surface area (Å²) in [5, 5.41) is 0. The third-order valence-electron chi connectivity index (χ3n) is 7.82. The van der Waals surface area contributed by atoms with Crippen LogP contribution in [0, 0.1) is 28.6 Å². The van der Waals surface area contributed by atoms with Gasteiger partial charge in [-0.05, 0) is 43.1 Å². The van der Waals surface area contributed by atoms with Gasteiger partial charge in [-0.3, -0.25) is 19.2 Å². The summed E-state index contributed by atoms with van der Waals surface area (Å²) in [7, 11) is 0. The fourth-order valence-electron chi connectivity index (χ4n) is 6.50. The van der Waals surface area contributed by atoms with Crippen molar-refractivity contribution in [3.05, 3.63) is 11.6 Å². The molecule has 0 saturated heterocycles. The minimum absolute atomic E-state index is 0.0342. The molecule has 140 valence electrons. The average Bonchev–Trinajstić information content (AvgIpc) is 2.85. The van der Waals surface area contributed by atoms with E-state index < -0.39 is 17.5 Å². The number of carbonyl (C=O) groups excluding carboxylic acids is 4. The van der Waals surface area contributed by atoms with Crippen molar-refractivity contribution >= 4 is 23.3 Å². The van der Waals surface area contributed by atoms with E-state index in [2.05, 4.69) is 13.8 Å². The van der Waals surface area contributed by atoms with Gasteiger partial charge in [-0.2, -0.15) is 0 Å². The molecule has 3 saturated carbocycles. The van der Waals surface area contributed by atoms with Crippen LogP contribution in [-0.2, 0) is 23.9 Å². The smallest absolute Gasteiger partial charge is 0.303 e. The van der Waals surface area contributed by atoms with Gasteiger partial charge in [0.15, 0.2) is 17.7 Å². The number of esters is 1. The zero-order valence-electron chi connectivity index (χ0n) is 15.7. The van der Waals surface area contributed by atoms with Gasteiger partial charge in [-0.25, -0.2) is 0 Å². The predicted molar refractivity (Wildman–Crippen MR) is 93.0 cm³/mol. The molecule has 0 amide bonds. The normalized spacial score (nSPS) is 44.7. The van der Waals surface area contributed by atoms with E-state index in [-0.39, 0.29) is 34.7 Å². The summed E-state index contributed by atoms with van der Waals surface area (Å²) in [6.45, 7) is 5.43. The van der Waals surface area contributed by atoms with Gasteiger partial charge in [0, 0.05) is 42.6 Å². The zero-order chi connectivity index (χ0) is 18.9. The Bertz CT molecular complexity index is 750. The van der Waals surface area contributed by atoms with E-state index in [1.807, 2.05) is 0 Å². The molecule has 1 unspecified atom stereocenters. The summed E-state index contributed by atoms with van der Waals surface area (Å²) in [5.74, 6) is 0.309. The van der Waals surface area contributed by atoms with Crippen LogP contribution in [-0.4, -0.2) is 29.4 Å². The first-order valence-electron chi connectivity index (χ1n) is 9.66. The summed E-state index contributed by atoms with van der Waals surface area (Å²) in [5.41, 5.74) is -0.139. The maximum Gasteiger partial charge on any atom is 0.303 e. The van der Waals surface area contributed by atoms with Crippen LogP contribution in [0.3, 0.4) is 0 Å². The molecular weight excluding hydrogens is 332 g/mol. The number of hydrogen-bond donors (Lipinski definition) is 0. The number of Topliss-reactive ketones (excluding diaryl/α,β-unsaturated/α-hetero) is 2. The van der Waals surface area contributed by atoms with Crippen LogP contribution in [0.2, 0.25) is 0 Å². The predicted octanol–water partition coefficient (Wildman–Crippen LogP) is 2.81. The summed E-state index contributed by atoms with van der Waals surface area (Å²) in [6, 6.07) is 0. The molecule has 3 fully saturated rings. The second kappa shape index (κ2) is 5.61. The van der Waals surface area contributed by atoms with Crippen molar-refractivity contribution in [1.82, 2.24) is 0 Å². The van der Waals surface area contributed by atoms with Crippen LogP contribution in [0.25, 0.3) is 0 Å². The Morgan fingerprint density at radius 2 is 1.81 bits per heavy atom. The van der Waals surface area contributed by atoms with Crippen LogP contribution in [0.15, 0.2) is 11.6 Å². The van der Waals surface area contributed by atoms with Gasteiger partial charge in [-0.1, -0.05) is 13.8 Å². The number of ketones is 3. The van der Waals surface area contributed by atoms with Crippen LogP contribution in [0.5, 0.6) is 0 Å². The van der Waals surface area contributed by atoms with Crippen LogP contribution in [0.4, 0.5) is 0 Å². The Morgan fingerprint density at radius 1 is 1.12 bits per heavy atom. The van der Waals surface area contributed by atoms with Crippen molar-refractivity contribution in [2.75, 3.05) is 0 Å². The van der Waals surface area contributed by atoms with Crippen molar-refractivity contribution < 1.29 is 23.9 Å². The van der Waals surface area contributed by atoms with Crippen LogP contribution in [0.1, 0.15) is 59.3 Å². The average molecular weight is 358 g/mol. The van der Waals surface area contributed by atoms with Crippen molar-refractivity contribution in [1.29, 1.82) is 0 Å². The largest absolute Gasteiger partial charge is 0.454 e. The highest BCUT2D eigenvalue weighted by atomic mass is 16.5. The number of ether oxygens (including phenoxy) is 1. The quantitative estimate of drug-likeness (QED) is 0.674. The van der Waals surface area contributed by atoms with Gasteiger partial charge in [0.05, 0.1) is 0 Å². The Labute approximate surface area is 153 Å². The molecule has 0 aromatic heterocycles. The summed E-state index contributed by atoms with van der Waals surface area (Å²) < 4.78 is 5.26. The topological polar surface area (TPSA) is 77.5 Å². The lowest BCUT2D eigenvalue weighted by atomic mass is 9.47. The second-order valence-corrected chi connectivity index (χ2v) is 9.10.